The van der Waals surface area contributed by atoms with Crippen molar-refractivity contribution in [3.63, 3.8) is 0 Å². The number of carbonyl (C=O) groups excluding carboxylic acids is 1. The first-order chi connectivity index (χ1) is 9.40. The van der Waals surface area contributed by atoms with Gasteiger partial charge in [0.05, 0.1) is 6.10 Å². The molecular formula is C17H25NO2. The lowest BCUT2D eigenvalue weighted by Gasteiger charge is -2.25. The van der Waals surface area contributed by atoms with Crippen molar-refractivity contribution >= 4 is 5.91 Å². The lowest BCUT2D eigenvalue weighted by Crippen LogP contribution is -2.35. The third-order valence-corrected chi connectivity index (χ3v) is 4.36. The Labute approximate surface area is 121 Å². The number of nitrogens with zero attached hydrogens (tertiary/aromatic N) is 1. The molecule has 3 nitrogen and oxygen atoms in total. The number of rotatable bonds is 3. The Kier molecular flexibility index (Phi) is 4.48. The van der Waals surface area contributed by atoms with Crippen LogP contribution in [-0.2, 0) is 0 Å². The zero-order chi connectivity index (χ0) is 14.9. The molecule has 1 saturated carbocycles. The van der Waals surface area contributed by atoms with Gasteiger partial charge in [0.2, 0.25) is 0 Å². The first-order valence-corrected chi connectivity index (χ1v) is 7.41. The molecule has 20 heavy (non-hydrogen) atoms. The number of aliphatic hydroxyl groups excluding tert-OH is 1. The normalized spacial score (nSPS) is 22.1. The summed E-state index contributed by atoms with van der Waals surface area (Å²) in [7, 11) is 1.84. The topological polar surface area (TPSA) is 40.5 Å². The van der Waals surface area contributed by atoms with Gasteiger partial charge in [0, 0.05) is 25.1 Å². The highest BCUT2D eigenvalue weighted by Gasteiger charge is 2.28. The molecule has 1 aromatic carbocycles. The van der Waals surface area contributed by atoms with E-state index in [0.717, 1.165) is 36.0 Å². The van der Waals surface area contributed by atoms with E-state index < -0.39 is 0 Å². The average Bonchev–Trinajstić information content (AvgIpc) is 2.73. The molecule has 3 heteroatoms. The minimum atomic E-state index is -0.245. The van der Waals surface area contributed by atoms with Crippen LogP contribution in [0.15, 0.2) is 12.1 Å². The minimum Gasteiger partial charge on any atom is -0.393 e. The van der Waals surface area contributed by atoms with Crippen LogP contribution >= 0.6 is 0 Å². The van der Waals surface area contributed by atoms with Crippen LogP contribution in [0.3, 0.4) is 0 Å². The van der Waals surface area contributed by atoms with Crippen LogP contribution < -0.4 is 0 Å². The summed E-state index contributed by atoms with van der Waals surface area (Å²) < 4.78 is 0. The van der Waals surface area contributed by atoms with E-state index in [1.54, 1.807) is 4.90 Å². The van der Waals surface area contributed by atoms with Crippen molar-refractivity contribution in [3.8, 4) is 0 Å². The molecule has 0 bridgehead atoms. The first-order valence-electron chi connectivity index (χ1n) is 7.41. The molecule has 0 heterocycles. The third kappa shape index (κ3) is 3.04. The SMILES string of the molecule is Cc1cc(C)c(C(=O)N(C)CC2CCCC2O)c(C)c1. The van der Waals surface area contributed by atoms with Gasteiger partial charge in [0.1, 0.15) is 0 Å². The number of aliphatic hydroxyl groups is 1. The average molecular weight is 275 g/mol. The second kappa shape index (κ2) is 5.96. The molecule has 110 valence electrons. The number of aryl methyl sites for hydroxylation is 3. The lowest BCUT2D eigenvalue weighted by atomic mass is 9.98. The van der Waals surface area contributed by atoms with E-state index in [1.165, 1.54) is 5.56 Å². The summed E-state index contributed by atoms with van der Waals surface area (Å²) in [5.74, 6) is 0.300. The van der Waals surface area contributed by atoms with Crippen molar-refractivity contribution in [1.29, 1.82) is 0 Å². The van der Waals surface area contributed by atoms with E-state index in [2.05, 4.69) is 12.1 Å². The molecule has 2 unspecified atom stereocenters. The van der Waals surface area contributed by atoms with Crippen LogP contribution in [0.5, 0.6) is 0 Å². The molecule has 1 N–H and O–H groups in total. The molecule has 0 aliphatic heterocycles. The fraction of sp³-hybridized carbons (Fsp3) is 0.588. The fourth-order valence-corrected chi connectivity index (χ4v) is 3.37. The Morgan fingerprint density at radius 2 is 1.85 bits per heavy atom. The zero-order valence-corrected chi connectivity index (χ0v) is 12.9. The molecule has 0 radical (unpaired) electrons. The highest BCUT2D eigenvalue weighted by molar-refractivity contribution is 5.97. The summed E-state index contributed by atoms with van der Waals surface area (Å²) >= 11 is 0. The van der Waals surface area contributed by atoms with Crippen LogP contribution in [0.4, 0.5) is 0 Å². The van der Waals surface area contributed by atoms with Gasteiger partial charge in [-0.3, -0.25) is 4.79 Å². The Morgan fingerprint density at radius 1 is 1.25 bits per heavy atom. The minimum absolute atomic E-state index is 0.0686. The summed E-state index contributed by atoms with van der Waals surface area (Å²) in [6.07, 6.45) is 2.71. The van der Waals surface area contributed by atoms with E-state index >= 15 is 0 Å². The second-order valence-corrected chi connectivity index (χ2v) is 6.22. The van der Waals surface area contributed by atoms with Crippen molar-refractivity contribution < 1.29 is 9.90 Å². The summed E-state index contributed by atoms with van der Waals surface area (Å²) in [4.78, 5) is 14.4. The first kappa shape index (κ1) is 15.0. The van der Waals surface area contributed by atoms with Crippen molar-refractivity contribution in [3.05, 3.63) is 34.4 Å². The molecule has 2 atom stereocenters. The van der Waals surface area contributed by atoms with Crippen LogP contribution in [-0.4, -0.2) is 35.6 Å². The largest absolute Gasteiger partial charge is 0.393 e. The number of benzene rings is 1. The highest BCUT2D eigenvalue weighted by atomic mass is 16.3. The molecule has 0 spiro atoms. The molecular weight excluding hydrogens is 250 g/mol. The van der Waals surface area contributed by atoms with Crippen LogP contribution in [0.25, 0.3) is 0 Å². The summed E-state index contributed by atoms with van der Waals surface area (Å²) in [5, 5.41) is 9.90. The number of hydrogen-bond donors (Lipinski definition) is 1. The predicted octanol–water partition coefficient (Wildman–Crippen LogP) is 2.84. The Bertz CT molecular complexity index is 487. The summed E-state index contributed by atoms with van der Waals surface area (Å²) in [6, 6.07) is 4.11. The van der Waals surface area contributed by atoms with Gasteiger partial charge < -0.3 is 10.0 Å². The lowest BCUT2D eigenvalue weighted by molar-refractivity contribution is 0.0692. The van der Waals surface area contributed by atoms with Crippen molar-refractivity contribution in [1.82, 2.24) is 4.90 Å². The van der Waals surface area contributed by atoms with Crippen molar-refractivity contribution in [2.75, 3.05) is 13.6 Å². The Hall–Kier alpha value is -1.35. The predicted molar refractivity (Wildman–Crippen MR) is 81.0 cm³/mol. The fourth-order valence-electron chi connectivity index (χ4n) is 3.37. The van der Waals surface area contributed by atoms with Gasteiger partial charge in [0.15, 0.2) is 0 Å². The summed E-state index contributed by atoms with van der Waals surface area (Å²) in [6.45, 7) is 6.68. The van der Waals surface area contributed by atoms with Crippen molar-refractivity contribution in [2.24, 2.45) is 5.92 Å². The van der Waals surface area contributed by atoms with E-state index in [4.69, 9.17) is 0 Å². The molecule has 0 aromatic heterocycles. The Morgan fingerprint density at radius 3 is 2.35 bits per heavy atom. The quantitative estimate of drug-likeness (QED) is 0.921. The third-order valence-electron chi connectivity index (χ3n) is 4.36. The van der Waals surface area contributed by atoms with Crippen LogP contribution in [0.2, 0.25) is 0 Å². The molecule has 1 aliphatic carbocycles. The maximum Gasteiger partial charge on any atom is 0.254 e. The number of carbonyl (C=O) groups is 1. The van der Waals surface area contributed by atoms with Gasteiger partial charge in [0.25, 0.3) is 5.91 Å². The molecule has 1 aromatic rings. The summed E-state index contributed by atoms with van der Waals surface area (Å²) in [5.41, 5.74) is 4.06. The van der Waals surface area contributed by atoms with E-state index in [9.17, 15) is 9.90 Å². The molecule has 1 fully saturated rings. The standard InChI is InChI=1S/C17H25NO2/c1-11-8-12(2)16(13(3)9-11)17(20)18(4)10-14-6-5-7-15(14)19/h8-9,14-15,19H,5-7,10H2,1-4H3. The monoisotopic (exact) mass is 275 g/mol. The Balaban J connectivity index is 2.14. The second-order valence-electron chi connectivity index (χ2n) is 6.22. The van der Waals surface area contributed by atoms with Crippen LogP contribution in [0.1, 0.15) is 46.3 Å². The maximum atomic E-state index is 12.6. The maximum absolute atomic E-state index is 12.6. The molecule has 1 amide bonds. The van der Waals surface area contributed by atoms with E-state index in [-0.39, 0.29) is 17.9 Å². The van der Waals surface area contributed by atoms with Crippen molar-refractivity contribution in [2.45, 2.75) is 46.1 Å². The number of hydrogen-bond acceptors (Lipinski definition) is 2. The molecule has 0 saturated heterocycles. The highest BCUT2D eigenvalue weighted by Crippen LogP contribution is 2.27. The van der Waals surface area contributed by atoms with E-state index in [1.807, 2.05) is 27.8 Å². The van der Waals surface area contributed by atoms with Gasteiger partial charge in [-0.2, -0.15) is 0 Å². The molecule has 2 rings (SSSR count). The van der Waals surface area contributed by atoms with Crippen LogP contribution in [0, 0.1) is 26.7 Å². The zero-order valence-electron chi connectivity index (χ0n) is 12.9. The number of amides is 1. The smallest absolute Gasteiger partial charge is 0.254 e. The van der Waals surface area contributed by atoms with Gasteiger partial charge in [-0.25, -0.2) is 0 Å². The van der Waals surface area contributed by atoms with Gasteiger partial charge in [-0.15, -0.1) is 0 Å². The van der Waals surface area contributed by atoms with Gasteiger partial charge in [-0.05, 0) is 44.7 Å². The van der Waals surface area contributed by atoms with Gasteiger partial charge >= 0.3 is 0 Å². The van der Waals surface area contributed by atoms with E-state index in [0.29, 0.717) is 6.54 Å². The van der Waals surface area contributed by atoms with Gasteiger partial charge in [-0.1, -0.05) is 24.1 Å². The molecule has 1 aliphatic rings.